The number of nitrogens with zero attached hydrogens (tertiary/aromatic N) is 2. The molecule has 0 aliphatic rings. The summed E-state index contributed by atoms with van der Waals surface area (Å²) in [6.07, 6.45) is 0. The standard InChI is InChI=1S/C15H12N2O2S/c1-10-3-5-13(7-11(10)2)20-14-6-4-12(9-16)15(8-14)17(18)19/h3-8H,1-2H3. The monoisotopic (exact) mass is 284 g/mol. The minimum atomic E-state index is -0.525. The molecule has 4 nitrogen and oxygen atoms in total. The van der Waals surface area contributed by atoms with Crippen molar-refractivity contribution in [2.24, 2.45) is 0 Å². The fraction of sp³-hybridized carbons (Fsp3) is 0.133. The lowest BCUT2D eigenvalue weighted by molar-refractivity contribution is -0.385. The van der Waals surface area contributed by atoms with E-state index in [1.54, 1.807) is 6.07 Å². The zero-order valence-corrected chi connectivity index (χ0v) is 11.9. The molecule has 2 aromatic rings. The van der Waals surface area contributed by atoms with Gasteiger partial charge < -0.3 is 0 Å². The SMILES string of the molecule is Cc1ccc(Sc2ccc(C#N)c([N+](=O)[O-])c2)cc1C. The Morgan fingerprint density at radius 1 is 1.10 bits per heavy atom. The van der Waals surface area contributed by atoms with Crippen LogP contribution >= 0.6 is 11.8 Å². The number of rotatable bonds is 3. The smallest absolute Gasteiger partial charge is 0.258 e. The predicted molar refractivity (Wildman–Crippen MR) is 77.9 cm³/mol. The van der Waals surface area contributed by atoms with Crippen LogP contribution in [-0.4, -0.2) is 4.92 Å². The summed E-state index contributed by atoms with van der Waals surface area (Å²) in [7, 11) is 0. The first-order valence-corrected chi connectivity index (χ1v) is 6.76. The molecule has 100 valence electrons. The van der Waals surface area contributed by atoms with Crippen LogP contribution in [0.25, 0.3) is 0 Å². The van der Waals surface area contributed by atoms with E-state index in [1.165, 1.54) is 35.0 Å². The van der Waals surface area contributed by atoms with E-state index >= 15 is 0 Å². The van der Waals surface area contributed by atoms with Crippen LogP contribution in [0.3, 0.4) is 0 Å². The number of benzene rings is 2. The summed E-state index contributed by atoms with van der Waals surface area (Å²) < 4.78 is 0. The Hall–Kier alpha value is -2.32. The van der Waals surface area contributed by atoms with E-state index in [9.17, 15) is 10.1 Å². The van der Waals surface area contributed by atoms with E-state index in [0.29, 0.717) is 0 Å². The number of aryl methyl sites for hydroxylation is 2. The maximum absolute atomic E-state index is 10.9. The lowest BCUT2D eigenvalue weighted by Gasteiger charge is -2.05. The highest BCUT2D eigenvalue weighted by Crippen LogP contribution is 2.32. The first-order valence-electron chi connectivity index (χ1n) is 5.95. The molecular weight excluding hydrogens is 272 g/mol. The lowest BCUT2D eigenvalue weighted by Crippen LogP contribution is -1.92. The van der Waals surface area contributed by atoms with Gasteiger partial charge in [0.1, 0.15) is 11.6 Å². The van der Waals surface area contributed by atoms with Crippen molar-refractivity contribution < 1.29 is 4.92 Å². The number of hydrogen-bond acceptors (Lipinski definition) is 4. The average Bonchev–Trinajstić information content (AvgIpc) is 2.43. The quantitative estimate of drug-likeness (QED) is 0.624. The average molecular weight is 284 g/mol. The summed E-state index contributed by atoms with van der Waals surface area (Å²) in [6, 6.07) is 12.5. The Morgan fingerprint density at radius 3 is 2.35 bits per heavy atom. The molecule has 0 atom stereocenters. The molecule has 0 spiro atoms. The van der Waals surface area contributed by atoms with Crippen LogP contribution in [0.4, 0.5) is 5.69 Å². The minimum absolute atomic E-state index is 0.0828. The molecule has 0 amide bonds. The molecule has 2 rings (SSSR count). The topological polar surface area (TPSA) is 66.9 Å². The van der Waals surface area contributed by atoms with Gasteiger partial charge in [0.25, 0.3) is 5.69 Å². The molecule has 0 saturated carbocycles. The van der Waals surface area contributed by atoms with Crippen molar-refractivity contribution in [3.05, 3.63) is 63.2 Å². The third-order valence-electron chi connectivity index (χ3n) is 3.00. The van der Waals surface area contributed by atoms with E-state index in [0.717, 1.165) is 9.79 Å². The third-order valence-corrected chi connectivity index (χ3v) is 3.98. The van der Waals surface area contributed by atoms with Crippen molar-refractivity contribution in [1.82, 2.24) is 0 Å². The molecule has 0 unspecified atom stereocenters. The van der Waals surface area contributed by atoms with Crippen molar-refractivity contribution in [3.63, 3.8) is 0 Å². The second-order valence-electron chi connectivity index (χ2n) is 4.40. The van der Waals surface area contributed by atoms with Gasteiger partial charge in [0.15, 0.2) is 0 Å². The highest BCUT2D eigenvalue weighted by molar-refractivity contribution is 7.99. The summed E-state index contributed by atoms with van der Waals surface area (Å²) >= 11 is 1.45. The fourth-order valence-corrected chi connectivity index (χ4v) is 2.68. The number of nitro benzene ring substituents is 1. The Morgan fingerprint density at radius 2 is 1.75 bits per heavy atom. The van der Waals surface area contributed by atoms with Crippen LogP contribution in [0.15, 0.2) is 46.2 Å². The van der Waals surface area contributed by atoms with E-state index in [-0.39, 0.29) is 11.3 Å². The second-order valence-corrected chi connectivity index (χ2v) is 5.54. The molecule has 20 heavy (non-hydrogen) atoms. The van der Waals surface area contributed by atoms with Gasteiger partial charge in [0.2, 0.25) is 0 Å². The van der Waals surface area contributed by atoms with Crippen LogP contribution in [0.5, 0.6) is 0 Å². The van der Waals surface area contributed by atoms with Crippen LogP contribution in [-0.2, 0) is 0 Å². The predicted octanol–water partition coefficient (Wildman–Crippen LogP) is 4.23. The van der Waals surface area contributed by atoms with Gasteiger partial charge in [-0.1, -0.05) is 17.8 Å². The highest BCUT2D eigenvalue weighted by atomic mass is 32.2. The molecule has 0 aliphatic heterocycles. The van der Waals surface area contributed by atoms with Crippen molar-refractivity contribution in [3.8, 4) is 6.07 Å². The fourth-order valence-electron chi connectivity index (χ4n) is 1.73. The summed E-state index contributed by atoms with van der Waals surface area (Å²) in [5.41, 5.74) is 2.32. The number of hydrogen-bond donors (Lipinski definition) is 0. The molecule has 0 heterocycles. The molecule has 5 heteroatoms. The van der Waals surface area contributed by atoms with Gasteiger partial charge in [-0.05, 0) is 49.2 Å². The zero-order valence-electron chi connectivity index (χ0n) is 11.1. The number of nitro groups is 1. The van der Waals surface area contributed by atoms with E-state index in [4.69, 9.17) is 5.26 Å². The van der Waals surface area contributed by atoms with Crippen LogP contribution < -0.4 is 0 Å². The van der Waals surface area contributed by atoms with Gasteiger partial charge in [-0.3, -0.25) is 10.1 Å². The van der Waals surface area contributed by atoms with Crippen molar-refractivity contribution in [2.75, 3.05) is 0 Å². The second kappa shape index (κ2) is 5.76. The van der Waals surface area contributed by atoms with E-state index in [1.807, 2.05) is 38.1 Å². The Balaban J connectivity index is 2.34. The third kappa shape index (κ3) is 2.98. The Bertz CT molecular complexity index is 720. The molecule has 0 fully saturated rings. The normalized spacial score (nSPS) is 10.1. The van der Waals surface area contributed by atoms with Gasteiger partial charge in [-0.2, -0.15) is 5.26 Å². The summed E-state index contributed by atoms with van der Waals surface area (Å²) in [4.78, 5) is 12.2. The highest BCUT2D eigenvalue weighted by Gasteiger charge is 2.14. The first-order chi connectivity index (χ1) is 9.51. The van der Waals surface area contributed by atoms with Crippen molar-refractivity contribution in [1.29, 1.82) is 5.26 Å². The maximum Gasteiger partial charge on any atom is 0.288 e. The van der Waals surface area contributed by atoms with Crippen LogP contribution in [0, 0.1) is 35.3 Å². The first kappa shape index (κ1) is 14.1. The summed E-state index contributed by atoms with van der Waals surface area (Å²) in [5, 5.41) is 19.8. The maximum atomic E-state index is 10.9. The van der Waals surface area contributed by atoms with Crippen LogP contribution in [0.1, 0.15) is 16.7 Å². The largest absolute Gasteiger partial charge is 0.288 e. The molecule has 0 saturated heterocycles. The van der Waals surface area contributed by atoms with Gasteiger partial charge in [-0.15, -0.1) is 0 Å². The minimum Gasteiger partial charge on any atom is -0.258 e. The van der Waals surface area contributed by atoms with Crippen molar-refractivity contribution in [2.45, 2.75) is 23.6 Å². The molecule has 0 aliphatic carbocycles. The van der Waals surface area contributed by atoms with E-state index < -0.39 is 4.92 Å². The van der Waals surface area contributed by atoms with Crippen molar-refractivity contribution >= 4 is 17.4 Å². The van der Waals surface area contributed by atoms with E-state index in [2.05, 4.69) is 0 Å². The molecule has 2 aromatic carbocycles. The number of nitriles is 1. The molecule has 0 aromatic heterocycles. The summed E-state index contributed by atoms with van der Waals surface area (Å²) in [5.74, 6) is 0. The Kier molecular flexibility index (Phi) is 4.06. The molecular formula is C15H12N2O2S. The van der Waals surface area contributed by atoms with Crippen LogP contribution in [0.2, 0.25) is 0 Å². The summed E-state index contributed by atoms with van der Waals surface area (Å²) in [6.45, 7) is 4.07. The molecule has 0 radical (unpaired) electrons. The molecule has 0 bridgehead atoms. The lowest BCUT2D eigenvalue weighted by atomic mass is 10.1. The van der Waals surface area contributed by atoms with Gasteiger partial charge in [0.05, 0.1) is 4.92 Å². The van der Waals surface area contributed by atoms with Gasteiger partial charge in [0, 0.05) is 15.9 Å². The molecule has 0 N–H and O–H groups in total. The zero-order chi connectivity index (χ0) is 14.7. The Labute approximate surface area is 121 Å². The van der Waals surface area contributed by atoms with Gasteiger partial charge in [-0.25, -0.2) is 0 Å². The van der Waals surface area contributed by atoms with Gasteiger partial charge >= 0.3 is 0 Å².